The molecule has 1 N–H and O–H groups in total. The predicted molar refractivity (Wildman–Crippen MR) is 104 cm³/mol. The molecular formula is C17H25N3O4S2. The molecule has 1 heterocycles. The van der Waals surface area contributed by atoms with E-state index in [2.05, 4.69) is 5.32 Å². The monoisotopic (exact) mass is 399 g/mol. The summed E-state index contributed by atoms with van der Waals surface area (Å²) in [4.78, 5) is 25.5. The third-order valence-corrected chi connectivity index (χ3v) is 7.33. The Morgan fingerprint density at radius 2 is 2.00 bits per heavy atom. The Morgan fingerprint density at radius 1 is 1.31 bits per heavy atom. The maximum Gasteiger partial charge on any atom is 0.281 e. The van der Waals surface area contributed by atoms with Crippen molar-refractivity contribution in [1.82, 2.24) is 9.21 Å². The van der Waals surface area contributed by atoms with Crippen molar-refractivity contribution in [3.05, 3.63) is 23.8 Å². The Morgan fingerprint density at radius 3 is 2.58 bits per heavy atom. The molecule has 0 atom stereocenters. The number of hydrogen-bond acceptors (Lipinski definition) is 5. The Hall–Kier alpha value is -1.58. The van der Waals surface area contributed by atoms with Crippen LogP contribution in [0.3, 0.4) is 0 Å². The molecule has 0 aliphatic carbocycles. The number of sulfonamides is 1. The van der Waals surface area contributed by atoms with Crippen LogP contribution < -0.4 is 5.32 Å². The number of nitrogens with zero attached hydrogens (tertiary/aromatic N) is 2. The van der Waals surface area contributed by atoms with E-state index >= 15 is 0 Å². The molecule has 1 aliphatic rings. The highest BCUT2D eigenvalue weighted by Crippen LogP contribution is 2.24. The predicted octanol–water partition coefficient (Wildman–Crippen LogP) is 2.52. The molecule has 1 fully saturated rings. The van der Waals surface area contributed by atoms with Crippen LogP contribution in [0.15, 0.2) is 23.1 Å². The Bertz CT molecular complexity index is 776. The van der Waals surface area contributed by atoms with Gasteiger partial charge in [0.05, 0.1) is 4.90 Å². The van der Waals surface area contributed by atoms with Gasteiger partial charge in [0, 0.05) is 44.0 Å². The minimum Gasteiger partial charge on any atom is -0.332 e. The van der Waals surface area contributed by atoms with Gasteiger partial charge in [-0.1, -0.05) is 31.7 Å². The Labute approximate surface area is 159 Å². The van der Waals surface area contributed by atoms with Crippen molar-refractivity contribution < 1.29 is 18.0 Å². The van der Waals surface area contributed by atoms with E-state index in [1.54, 1.807) is 37.8 Å². The van der Waals surface area contributed by atoms with Crippen LogP contribution in [0, 0.1) is 6.92 Å². The van der Waals surface area contributed by atoms with Gasteiger partial charge >= 0.3 is 0 Å². The number of carbonyl (C=O) groups excluding carboxylic acids is 2. The second-order valence-electron chi connectivity index (χ2n) is 5.97. The molecule has 0 aromatic heterocycles. The molecule has 1 saturated heterocycles. The summed E-state index contributed by atoms with van der Waals surface area (Å²) in [5.41, 5.74) is 1.07. The van der Waals surface area contributed by atoms with Crippen molar-refractivity contribution in [1.29, 1.82) is 0 Å². The first-order valence-electron chi connectivity index (χ1n) is 8.62. The molecule has 1 aromatic carbocycles. The van der Waals surface area contributed by atoms with Gasteiger partial charge in [0.15, 0.2) is 0 Å². The highest BCUT2D eigenvalue weighted by Gasteiger charge is 2.24. The highest BCUT2D eigenvalue weighted by molar-refractivity contribution is 8.13. The Kier molecular flexibility index (Phi) is 7.08. The normalized spacial score (nSPS) is 14.9. The lowest BCUT2D eigenvalue weighted by Crippen LogP contribution is -2.31. The van der Waals surface area contributed by atoms with E-state index in [0.29, 0.717) is 37.4 Å². The summed E-state index contributed by atoms with van der Waals surface area (Å²) in [7, 11) is -3.60. The molecule has 1 aliphatic heterocycles. The lowest BCUT2D eigenvalue weighted by Gasteiger charge is -2.20. The lowest BCUT2D eigenvalue weighted by molar-refractivity contribution is -0.116. The summed E-state index contributed by atoms with van der Waals surface area (Å²) < 4.78 is 26.9. The van der Waals surface area contributed by atoms with E-state index in [1.165, 1.54) is 22.1 Å². The second kappa shape index (κ2) is 8.88. The first-order chi connectivity index (χ1) is 12.3. The zero-order valence-electron chi connectivity index (χ0n) is 15.3. The SMILES string of the molecule is CCN(CC)S(=O)(=O)c1cc(NC(=O)CCN2CCSC2=O)ccc1C. The molecular weight excluding hydrogens is 374 g/mol. The number of aryl methyl sites for hydroxylation is 1. The minimum absolute atomic E-state index is 0.000683. The van der Waals surface area contributed by atoms with Gasteiger partial charge in [0.2, 0.25) is 15.9 Å². The molecule has 0 radical (unpaired) electrons. The van der Waals surface area contributed by atoms with Crippen LogP contribution in [-0.4, -0.2) is 60.7 Å². The van der Waals surface area contributed by atoms with E-state index in [1.807, 2.05) is 0 Å². The number of benzene rings is 1. The molecule has 1 aromatic rings. The zero-order chi connectivity index (χ0) is 19.3. The van der Waals surface area contributed by atoms with Gasteiger partial charge < -0.3 is 10.2 Å². The lowest BCUT2D eigenvalue weighted by atomic mass is 10.2. The smallest absolute Gasteiger partial charge is 0.281 e. The molecule has 2 rings (SSSR count). The van der Waals surface area contributed by atoms with Crippen LogP contribution in [0.2, 0.25) is 0 Å². The number of anilines is 1. The topological polar surface area (TPSA) is 86.8 Å². The van der Waals surface area contributed by atoms with Gasteiger partial charge in [-0.2, -0.15) is 4.31 Å². The van der Waals surface area contributed by atoms with Crippen molar-refractivity contribution in [3.8, 4) is 0 Å². The highest BCUT2D eigenvalue weighted by atomic mass is 32.2. The van der Waals surface area contributed by atoms with E-state index in [0.717, 1.165) is 5.75 Å². The summed E-state index contributed by atoms with van der Waals surface area (Å²) in [6, 6.07) is 4.87. The molecule has 144 valence electrons. The van der Waals surface area contributed by atoms with E-state index in [-0.39, 0.29) is 22.5 Å². The van der Waals surface area contributed by atoms with Crippen molar-refractivity contribution in [2.75, 3.05) is 37.2 Å². The zero-order valence-corrected chi connectivity index (χ0v) is 17.0. The molecule has 26 heavy (non-hydrogen) atoms. The van der Waals surface area contributed by atoms with Crippen LogP contribution in [0.5, 0.6) is 0 Å². The molecule has 9 heteroatoms. The number of hydrogen-bond donors (Lipinski definition) is 1. The summed E-state index contributed by atoms with van der Waals surface area (Å²) in [5, 5.41) is 2.73. The molecule has 7 nitrogen and oxygen atoms in total. The number of carbonyl (C=O) groups is 2. The van der Waals surface area contributed by atoms with Crippen LogP contribution in [0.4, 0.5) is 10.5 Å². The van der Waals surface area contributed by atoms with E-state index in [4.69, 9.17) is 0 Å². The van der Waals surface area contributed by atoms with Crippen molar-refractivity contribution in [3.63, 3.8) is 0 Å². The molecule has 0 unspecified atom stereocenters. The average Bonchev–Trinajstić information content (AvgIpc) is 3.00. The summed E-state index contributed by atoms with van der Waals surface area (Å²) in [5.74, 6) is 0.509. The fourth-order valence-electron chi connectivity index (χ4n) is 2.75. The summed E-state index contributed by atoms with van der Waals surface area (Å²) in [6.07, 6.45) is 0.179. The Balaban J connectivity index is 2.09. The number of amides is 2. The molecule has 2 amide bonds. The van der Waals surface area contributed by atoms with Crippen LogP contribution in [-0.2, 0) is 14.8 Å². The third-order valence-electron chi connectivity index (χ3n) is 4.25. The van der Waals surface area contributed by atoms with E-state index < -0.39 is 10.0 Å². The number of thioether (sulfide) groups is 1. The molecule has 0 spiro atoms. The maximum absolute atomic E-state index is 12.8. The van der Waals surface area contributed by atoms with Gasteiger partial charge in [-0.3, -0.25) is 9.59 Å². The maximum atomic E-state index is 12.8. The summed E-state index contributed by atoms with van der Waals surface area (Å²) >= 11 is 1.26. The number of nitrogens with one attached hydrogen (secondary N) is 1. The minimum atomic E-state index is -3.60. The second-order valence-corrected chi connectivity index (χ2v) is 8.92. The summed E-state index contributed by atoms with van der Waals surface area (Å²) in [6.45, 7) is 7.12. The fourth-order valence-corrected chi connectivity index (χ4v) is 5.31. The largest absolute Gasteiger partial charge is 0.332 e. The van der Waals surface area contributed by atoms with Gasteiger partial charge in [0.25, 0.3) is 5.24 Å². The van der Waals surface area contributed by atoms with Gasteiger partial charge in [0.1, 0.15) is 0 Å². The number of rotatable bonds is 8. The molecule has 0 saturated carbocycles. The van der Waals surface area contributed by atoms with Crippen LogP contribution >= 0.6 is 11.8 Å². The third kappa shape index (κ3) is 4.77. The van der Waals surface area contributed by atoms with Crippen LogP contribution in [0.25, 0.3) is 0 Å². The fraction of sp³-hybridized carbons (Fsp3) is 0.529. The van der Waals surface area contributed by atoms with Crippen LogP contribution in [0.1, 0.15) is 25.8 Å². The average molecular weight is 400 g/mol. The first-order valence-corrected chi connectivity index (χ1v) is 11.0. The van der Waals surface area contributed by atoms with Gasteiger partial charge in [-0.15, -0.1) is 0 Å². The molecule has 0 bridgehead atoms. The first kappa shape index (κ1) is 20.7. The van der Waals surface area contributed by atoms with Crippen molar-refractivity contribution in [2.24, 2.45) is 0 Å². The van der Waals surface area contributed by atoms with Gasteiger partial charge in [-0.05, 0) is 24.6 Å². The van der Waals surface area contributed by atoms with Crippen molar-refractivity contribution >= 4 is 38.6 Å². The standard InChI is InChI=1S/C17H25N3O4S2/c1-4-20(5-2)26(23,24)15-12-14(7-6-13(15)3)18-16(21)8-9-19-10-11-25-17(19)22/h6-7,12H,4-5,8-11H2,1-3H3,(H,18,21). The van der Waals surface area contributed by atoms with Gasteiger partial charge in [-0.25, -0.2) is 8.42 Å². The quantitative estimate of drug-likeness (QED) is 0.726. The van der Waals surface area contributed by atoms with Crippen molar-refractivity contribution in [2.45, 2.75) is 32.1 Å². The van der Waals surface area contributed by atoms with E-state index in [9.17, 15) is 18.0 Å².